The Kier molecular flexibility index (Phi) is 3.43. The van der Waals surface area contributed by atoms with Gasteiger partial charge in [0.25, 0.3) is 0 Å². The molecule has 0 atom stereocenters. The van der Waals surface area contributed by atoms with E-state index in [4.69, 9.17) is 4.55 Å². The van der Waals surface area contributed by atoms with Crippen molar-refractivity contribution in [1.82, 2.24) is 0 Å². The van der Waals surface area contributed by atoms with Crippen LogP contribution >= 0.6 is 15.9 Å². The van der Waals surface area contributed by atoms with E-state index in [2.05, 4.69) is 20.1 Å². The topological polar surface area (TPSA) is 63.6 Å². The third-order valence-corrected chi connectivity index (χ3v) is 2.23. The zero-order chi connectivity index (χ0) is 9.90. The van der Waals surface area contributed by atoms with Crippen molar-refractivity contribution >= 4 is 26.3 Å². The Morgan fingerprint density at radius 3 is 2.31 bits per heavy atom. The van der Waals surface area contributed by atoms with Crippen LogP contribution in [0.5, 0.6) is 0 Å². The normalized spacial score (nSPS) is 11.5. The molecule has 0 bridgehead atoms. The highest BCUT2D eigenvalue weighted by Crippen LogP contribution is 2.11. The minimum absolute atomic E-state index is 0.161. The predicted octanol–water partition coefficient (Wildman–Crippen LogP) is 1.77. The molecule has 0 fully saturated rings. The maximum Gasteiger partial charge on any atom is 0.397 e. The molecule has 1 N–H and O–H groups in total. The first-order valence-corrected chi connectivity index (χ1v) is 5.49. The molecule has 0 saturated heterocycles. The van der Waals surface area contributed by atoms with Crippen LogP contribution in [0.3, 0.4) is 0 Å². The molecule has 4 nitrogen and oxygen atoms in total. The molecule has 1 aromatic rings. The zero-order valence-corrected chi connectivity index (χ0v) is 8.88. The van der Waals surface area contributed by atoms with Gasteiger partial charge in [-0.15, -0.1) is 0 Å². The lowest BCUT2D eigenvalue weighted by molar-refractivity contribution is 0.259. The summed E-state index contributed by atoms with van der Waals surface area (Å²) in [6.07, 6.45) is 0. The van der Waals surface area contributed by atoms with E-state index in [-0.39, 0.29) is 6.61 Å². The van der Waals surface area contributed by atoms with Crippen LogP contribution in [0.15, 0.2) is 28.7 Å². The van der Waals surface area contributed by atoms with Gasteiger partial charge in [-0.25, -0.2) is 4.18 Å². The van der Waals surface area contributed by atoms with Crippen LogP contribution in [0.25, 0.3) is 0 Å². The number of halogens is 1. The molecule has 0 unspecified atom stereocenters. The lowest BCUT2D eigenvalue weighted by atomic mass is 10.2. The highest BCUT2D eigenvalue weighted by Gasteiger charge is 2.04. The molecule has 0 amide bonds. The van der Waals surface area contributed by atoms with Crippen molar-refractivity contribution in [3.05, 3.63) is 34.3 Å². The molecule has 0 saturated carbocycles. The van der Waals surface area contributed by atoms with Crippen molar-refractivity contribution in [3.8, 4) is 0 Å². The highest BCUT2D eigenvalue weighted by atomic mass is 79.9. The average molecular weight is 267 g/mol. The number of benzene rings is 1. The Labute approximate surface area is 84.6 Å². The smallest absolute Gasteiger partial charge is 0.264 e. The van der Waals surface area contributed by atoms with Crippen LogP contribution in [0.1, 0.15) is 5.56 Å². The van der Waals surface area contributed by atoms with Gasteiger partial charge in [0.1, 0.15) is 0 Å². The number of rotatable bonds is 3. The fourth-order valence-electron chi connectivity index (χ4n) is 0.723. The molecule has 0 spiro atoms. The standard InChI is InChI=1S/C7H7BrO4S/c8-7-3-1-6(2-4-7)5-12-13(9,10)11/h1-4H,5H2,(H,9,10,11). The van der Waals surface area contributed by atoms with Crippen LogP contribution in [-0.2, 0) is 21.2 Å². The number of hydrogen-bond donors (Lipinski definition) is 1. The SMILES string of the molecule is O=S(=O)(O)OCc1ccc(Br)cc1. The first-order chi connectivity index (χ1) is 5.97. The largest absolute Gasteiger partial charge is 0.397 e. The second-order valence-electron chi connectivity index (χ2n) is 2.32. The molecule has 1 rings (SSSR count). The van der Waals surface area contributed by atoms with E-state index in [1.54, 1.807) is 24.3 Å². The van der Waals surface area contributed by atoms with E-state index in [1.807, 2.05) is 0 Å². The predicted molar refractivity (Wildman–Crippen MR) is 50.5 cm³/mol. The van der Waals surface area contributed by atoms with E-state index in [9.17, 15) is 8.42 Å². The molecule has 0 aliphatic rings. The molecular formula is C7H7BrO4S. The van der Waals surface area contributed by atoms with Gasteiger partial charge in [0.15, 0.2) is 0 Å². The van der Waals surface area contributed by atoms with Crippen LogP contribution in [0.2, 0.25) is 0 Å². The molecule has 0 radical (unpaired) electrons. The van der Waals surface area contributed by atoms with E-state index in [0.29, 0.717) is 5.56 Å². The summed E-state index contributed by atoms with van der Waals surface area (Å²) in [6, 6.07) is 6.88. The maximum absolute atomic E-state index is 10.2. The Balaban J connectivity index is 2.61. The maximum atomic E-state index is 10.2. The Bertz CT molecular complexity index is 370. The van der Waals surface area contributed by atoms with Gasteiger partial charge in [-0.1, -0.05) is 28.1 Å². The summed E-state index contributed by atoms with van der Waals surface area (Å²) in [5.74, 6) is 0. The lowest BCUT2D eigenvalue weighted by Crippen LogP contribution is -2.03. The Morgan fingerprint density at radius 2 is 1.85 bits per heavy atom. The van der Waals surface area contributed by atoms with Crippen molar-refractivity contribution in [2.24, 2.45) is 0 Å². The van der Waals surface area contributed by atoms with E-state index >= 15 is 0 Å². The number of hydrogen-bond acceptors (Lipinski definition) is 3. The quantitative estimate of drug-likeness (QED) is 0.848. The second kappa shape index (κ2) is 4.19. The van der Waals surface area contributed by atoms with Crippen LogP contribution in [0, 0.1) is 0 Å². The van der Waals surface area contributed by atoms with Gasteiger partial charge in [0.2, 0.25) is 0 Å². The summed E-state index contributed by atoms with van der Waals surface area (Å²) in [5.41, 5.74) is 0.667. The Hall–Kier alpha value is -0.430. The molecule has 0 heterocycles. The fourth-order valence-corrected chi connectivity index (χ4v) is 1.27. The first kappa shape index (κ1) is 10.6. The van der Waals surface area contributed by atoms with Crippen molar-refractivity contribution in [2.75, 3.05) is 0 Å². The van der Waals surface area contributed by atoms with Gasteiger partial charge in [-0.3, -0.25) is 4.55 Å². The van der Waals surface area contributed by atoms with Crippen molar-refractivity contribution in [3.63, 3.8) is 0 Å². The monoisotopic (exact) mass is 266 g/mol. The van der Waals surface area contributed by atoms with Crippen molar-refractivity contribution in [2.45, 2.75) is 6.61 Å². The first-order valence-electron chi connectivity index (χ1n) is 3.34. The molecule has 6 heteroatoms. The summed E-state index contributed by atoms with van der Waals surface area (Å²) in [5, 5.41) is 0. The molecule has 0 aromatic heterocycles. The molecule has 1 aromatic carbocycles. The molecular weight excluding hydrogens is 260 g/mol. The third kappa shape index (κ3) is 4.37. The highest BCUT2D eigenvalue weighted by molar-refractivity contribution is 9.10. The second-order valence-corrected chi connectivity index (χ2v) is 4.32. The summed E-state index contributed by atoms with van der Waals surface area (Å²) in [6.45, 7) is -0.161. The van der Waals surface area contributed by atoms with Crippen LogP contribution in [-0.4, -0.2) is 13.0 Å². The van der Waals surface area contributed by atoms with Crippen molar-refractivity contribution < 1.29 is 17.2 Å². The van der Waals surface area contributed by atoms with Gasteiger partial charge in [0, 0.05) is 4.47 Å². The lowest BCUT2D eigenvalue weighted by Gasteiger charge is -1.99. The van der Waals surface area contributed by atoms with Gasteiger partial charge < -0.3 is 0 Å². The summed E-state index contributed by atoms with van der Waals surface area (Å²) < 4.78 is 33.7. The van der Waals surface area contributed by atoms with Crippen LogP contribution in [0.4, 0.5) is 0 Å². The fraction of sp³-hybridized carbons (Fsp3) is 0.143. The zero-order valence-electron chi connectivity index (χ0n) is 6.47. The molecule has 13 heavy (non-hydrogen) atoms. The summed E-state index contributed by atoms with van der Waals surface area (Å²) in [7, 11) is -4.34. The van der Waals surface area contributed by atoms with Crippen molar-refractivity contribution in [1.29, 1.82) is 0 Å². The minimum Gasteiger partial charge on any atom is -0.264 e. The minimum atomic E-state index is -4.34. The average Bonchev–Trinajstić information content (AvgIpc) is 2.02. The van der Waals surface area contributed by atoms with Gasteiger partial charge in [-0.05, 0) is 17.7 Å². The Morgan fingerprint density at radius 1 is 1.31 bits per heavy atom. The van der Waals surface area contributed by atoms with E-state index in [1.165, 1.54) is 0 Å². The van der Waals surface area contributed by atoms with E-state index in [0.717, 1.165) is 4.47 Å². The van der Waals surface area contributed by atoms with Gasteiger partial charge in [-0.2, -0.15) is 8.42 Å². The summed E-state index contributed by atoms with van der Waals surface area (Å²) >= 11 is 3.23. The third-order valence-electron chi connectivity index (χ3n) is 1.29. The molecule has 72 valence electrons. The van der Waals surface area contributed by atoms with Crippen LogP contribution < -0.4 is 0 Å². The van der Waals surface area contributed by atoms with E-state index < -0.39 is 10.4 Å². The molecule has 0 aliphatic heterocycles. The van der Waals surface area contributed by atoms with Gasteiger partial charge >= 0.3 is 10.4 Å². The van der Waals surface area contributed by atoms with Gasteiger partial charge in [0.05, 0.1) is 6.61 Å². The summed E-state index contributed by atoms with van der Waals surface area (Å²) in [4.78, 5) is 0. The molecule has 0 aliphatic carbocycles.